The Morgan fingerprint density at radius 3 is 2.70 bits per heavy atom. The van der Waals surface area contributed by atoms with Crippen molar-refractivity contribution in [3.05, 3.63) is 23.8 Å². The van der Waals surface area contributed by atoms with Gasteiger partial charge >= 0.3 is 5.97 Å². The number of ketones is 1. The number of aliphatic hydroxyl groups is 1. The minimum absolute atomic E-state index is 0.0441. The first-order valence-corrected chi connectivity index (χ1v) is 9.96. The quantitative estimate of drug-likeness (QED) is 0.464. The van der Waals surface area contributed by atoms with Crippen LogP contribution in [0.5, 0.6) is 0 Å². The Hall–Kier alpha value is -1.95. The van der Waals surface area contributed by atoms with Gasteiger partial charge in [0.25, 0.3) is 5.91 Å². The van der Waals surface area contributed by atoms with Crippen molar-refractivity contribution in [2.75, 3.05) is 13.7 Å². The number of hydrogen-bond acceptors (Lipinski definition) is 5. The molecule has 2 aliphatic heterocycles. The topological polar surface area (TPSA) is 83.9 Å². The van der Waals surface area contributed by atoms with Gasteiger partial charge in [0.1, 0.15) is 5.92 Å². The monoisotopic (exact) mass is 373 g/mol. The van der Waals surface area contributed by atoms with Crippen LogP contribution in [0.15, 0.2) is 23.8 Å². The van der Waals surface area contributed by atoms with E-state index in [1.165, 1.54) is 24.5 Å². The summed E-state index contributed by atoms with van der Waals surface area (Å²) in [6.45, 7) is 2.27. The molecule has 1 amide bonds. The Balaban J connectivity index is 1.65. The highest BCUT2D eigenvalue weighted by atomic mass is 16.5. The van der Waals surface area contributed by atoms with Crippen LogP contribution in [-0.4, -0.2) is 47.0 Å². The smallest absolute Gasteiger partial charge is 0.314 e. The summed E-state index contributed by atoms with van der Waals surface area (Å²) >= 11 is 0. The zero-order valence-corrected chi connectivity index (χ0v) is 15.9. The molecule has 1 saturated carbocycles. The molecule has 0 aromatic heterocycles. The molecule has 1 N–H and O–H groups in total. The highest BCUT2D eigenvalue weighted by Crippen LogP contribution is 2.47. The molecule has 146 valence electrons. The fraction of sp³-hybridized carbons (Fsp3) is 0.667. The van der Waals surface area contributed by atoms with E-state index in [1.807, 2.05) is 6.92 Å². The second kappa shape index (κ2) is 6.59. The number of rotatable bonds is 3. The summed E-state index contributed by atoms with van der Waals surface area (Å²) in [5.41, 5.74) is -1.70. The first-order chi connectivity index (χ1) is 12.9. The largest absolute Gasteiger partial charge is 0.469 e. The summed E-state index contributed by atoms with van der Waals surface area (Å²) in [6, 6.07) is 0. The molecular weight excluding hydrogens is 346 g/mol. The number of fused-ring (bicyclic) bond motifs is 2. The molecule has 0 spiro atoms. The van der Waals surface area contributed by atoms with Crippen LogP contribution >= 0.6 is 0 Å². The molecule has 2 fully saturated rings. The van der Waals surface area contributed by atoms with Crippen molar-refractivity contribution in [3.8, 4) is 0 Å². The summed E-state index contributed by atoms with van der Waals surface area (Å²) in [4.78, 5) is 39.6. The number of methoxy groups -OCH3 is 1. The third-order valence-corrected chi connectivity index (χ3v) is 7.04. The normalized spacial score (nSPS) is 40.4. The van der Waals surface area contributed by atoms with Crippen LogP contribution in [0, 0.1) is 29.6 Å². The first kappa shape index (κ1) is 18.4. The number of carbonyl (C=O) groups excluding carboxylic acids is 3. The van der Waals surface area contributed by atoms with Crippen molar-refractivity contribution in [1.82, 2.24) is 4.90 Å². The summed E-state index contributed by atoms with van der Waals surface area (Å²) in [7, 11) is 1.26. The standard InChI is InChI=1S/C21H27NO5/c1-12-7-8-13-5-3-4-6-14(13)17(12)18(23)15-11-21(26)16(20(25)27-2)9-10-22(21)19(15)24/h7-8,11-14,16-17,26H,3-6,9-10H2,1-2H3. The van der Waals surface area contributed by atoms with Gasteiger partial charge < -0.3 is 14.7 Å². The van der Waals surface area contributed by atoms with Gasteiger partial charge in [-0.05, 0) is 43.1 Å². The van der Waals surface area contributed by atoms with E-state index in [1.54, 1.807) is 0 Å². The average molecular weight is 373 g/mol. The van der Waals surface area contributed by atoms with Gasteiger partial charge in [-0.15, -0.1) is 0 Å². The molecule has 6 heteroatoms. The number of hydrogen-bond donors (Lipinski definition) is 1. The summed E-state index contributed by atoms with van der Waals surface area (Å²) in [5.74, 6) is -1.57. The van der Waals surface area contributed by atoms with Gasteiger partial charge in [-0.1, -0.05) is 31.9 Å². The third-order valence-electron chi connectivity index (χ3n) is 7.04. The summed E-state index contributed by atoms with van der Waals surface area (Å²) in [5, 5.41) is 11.0. The minimum atomic E-state index is -1.74. The van der Waals surface area contributed by atoms with Crippen LogP contribution in [0.25, 0.3) is 0 Å². The molecule has 4 aliphatic rings. The lowest BCUT2D eigenvalue weighted by atomic mass is 9.63. The Morgan fingerprint density at radius 1 is 1.22 bits per heavy atom. The van der Waals surface area contributed by atoms with Gasteiger partial charge in [-0.3, -0.25) is 14.4 Å². The molecule has 6 atom stereocenters. The molecule has 0 aromatic carbocycles. The fourth-order valence-electron chi connectivity index (χ4n) is 5.62. The van der Waals surface area contributed by atoms with Gasteiger partial charge in [0.05, 0.1) is 12.7 Å². The molecule has 2 aliphatic carbocycles. The van der Waals surface area contributed by atoms with E-state index in [2.05, 4.69) is 12.2 Å². The fourth-order valence-corrected chi connectivity index (χ4v) is 5.62. The van der Waals surface area contributed by atoms with Crippen molar-refractivity contribution >= 4 is 17.7 Å². The molecule has 0 aromatic rings. The lowest BCUT2D eigenvalue weighted by Gasteiger charge is -2.40. The predicted octanol–water partition coefficient (Wildman–Crippen LogP) is 1.83. The van der Waals surface area contributed by atoms with E-state index in [0.717, 1.165) is 19.3 Å². The van der Waals surface area contributed by atoms with Crippen LogP contribution in [-0.2, 0) is 19.1 Å². The van der Waals surface area contributed by atoms with E-state index in [9.17, 15) is 19.5 Å². The number of carbonyl (C=O) groups is 3. The van der Waals surface area contributed by atoms with Gasteiger partial charge in [0.2, 0.25) is 0 Å². The first-order valence-electron chi connectivity index (χ1n) is 9.96. The molecule has 1 saturated heterocycles. The minimum Gasteiger partial charge on any atom is -0.469 e. The second-order valence-electron chi connectivity index (χ2n) is 8.41. The van der Waals surface area contributed by atoms with Crippen LogP contribution in [0.2, 0.25) is 0 Å². The number of ether oxygens (including phenoxy) is 1. The van der Waals surface area contributed by atoms with Crippen LogP contribution in [0.4, 0.5) is 0 Å². The Labute approximate surface area is 159 Å². The van der Waals surface area contributed by atoms with E-state index >= 15 is 0 Å². The lowest BCUT2D eigenvalue weighted by Crippen LogP contribution is -2.47. The molecule has 0 radical (unpaired) electrons. The van der Waals surface area contributed by atoms with Crippen molar-refractivity contribution < 1.29 is 24.2 Å². The van der Waals surface area contributed by atoms with Gasteiger partial charge in [0, 0.05) is 12.5 Å². The number of allylic oxidation sites excluding steroid dienone is 2. The third kappa shape index (κ3) is 2.68. The number of Topliss-reactive ketones (excluding diaryl/α,β-unsaturated/α-hetero) is 1. The van der Waals surface area contributed by atoms with Gasteiger partial charge in [-0.2, -0.15) is 0 Å². The van der Waals surface area contributed by atoms with Crippen molar-refractivity contribution in [2.45, 2.75) is 44.8 Å². The zero-order valence-electron chi connectivity index (χ0n) is 15.9. The zero-order chi connectivity index (χ0) is 19.3. The molecule has 2 heterocycles. The second-order valence-corrected chi connectivity index (χ2v) is 8.41. The molecule has 6 unspecified atom stereocenters. The Bertz CT molecular complexity index is 741. The van der Waals surface area contributed by atoms with Crippen LogP contribution in [0.3, 0.4) is 0 Å². The average Bonchev–Trinajstić information content (AvgIpc) is 3.13. The van der Waals surface area contributed by atoms with E-state index in [0.29, 0.717) is 12.3 Å². The lowest BCUT2D eigenvalue weighted by molar-refractivity contribution is -0.159. The van der Waals surface area contributed by atoms with Crippen molar-refractivity contribution in [3.63, 3.8) is 0 Å². The van der Waals surface area contributed by atoms with E-state index in [4.69, 9.17) is 4.74 Å². The molecule has 6 nitrogen and oxygen atoms in total. The van der Waals surface area contributed by atoms with Crippen molar-refractivity contribution in [2.24, 2.45) is 29.6 Å². The molecule has 27 heavy (non-hydrogen) atoms. The molecule has 4 rings (SSSR count). The number of amides is 1. The molecule has 0 bridgehead atoms. The maximum Gasteiger partial charge on any atom is 0.314 e. The summed E-state index contributed by atoms with van der Waals surface area (Å²) < 4.78 is 4.78. The number of nitrogens with zero attached hydrogens (tertiary/aromatic N) is 1. The SMILES string of the molecule is COC(=O)C1CCN2C(=O)C(C(=O)C3C(C)C=CC4CCCCC43)=CC12O. The summed E-state index contributed by atoms with van der Waals surface area (Å²) in [6.07, 6.45) is 10.4. The Kier molecular flexibility index (Phi) is 4.49. The van der Waals surface area contributed by atoms with Gasteiger partial charge in [0.15, 0.2) is 11.5 Å². The van der Waals surface area contributed by atoms with Crippen LogP contribution in [0.1, 0.15) is 39.0 Å². The maximum absolute atomic E-state index is 13.4. The van der Waals surface area contributed by atoms with Gasteiger partial charge in [-0.25, -0.2) is 0 Å². The highest BCUT2D eigenvalue weighted by Gasteiger charge is 2.58. The number of esters is 1. The predicted molar refractivity (Wildman–Crippen MR) is 97.1 cm³/mol. The van der Waals surface area contributed by atoms with Crippen LogP contribution < -0.4 is 0 Å². The maximum atomic E-state index is 13.4. The Morgan fingerprint density at radius 2 is 1.96 bits per heavy atom. The van der Waals surface area contributed by atoms with E-state index in [-0.39, 0.29) is 35.7 Å². The van der Waals surface area contributed by atoms with Crippen molar-refractivity contribution in [1.29, 1.82) is 0 Å². The molecular formula is C21H27NO5. The van der Waals surface area contributed by atoms with E-state index < -0.39 is 23.5 Å². The highest BCUT2D eigenvalue weighted by molar-refractivity contribution is 6.22.